The molecule has 1 fully saturated rings. The van der Waals surface area contributed by atoms with Gasteiger partial charge in [-0.25, -0.2) is 0 Å². The maximum Gasteiger partial charge on any atom is 0.251 e. The number of nitrogens with one attached hydrogen (secondary N) is 1. The second-order valence-corrected chi connectivity index (χ2v) is 5.32. The van der Waals surface area contributed by atoms with E-state index in [1.54, 1.807) is 0 Å². The predicted octanol–water partition coefficient (Wildman–Crippen LogP) is 0.348. The first kappa shape index (κ1) is 12.3. The quantitative estimate of drug-likeness (QED) is 0.811. The monoisotopic (exact) mass is 256 g/mol. The average molecular weight is 256 g/mol. The van der Waals surface area contributed by atoms with Crippen LogP contribution in [-0.4, -0.2) is 34.9 Å². The zero-order valence-corrected chi connectivity index (χ0v) is 10.5. The number of carbonyl (C=O) groups is 1. The molecular formula is C10H16N4O2S. The van der Waals surface area contributed by atoms with E-state index < -0.39 is 5.60 Å². The number of nitrogens with two attached hydrogens (primary N) is 1. The first-order valence-electron chi connectivity index (χ1n) is 5.60. The van der Waals surface area contributed by atoms with Crippen molar-refractivity contribution in [2.75, 3.05) is 18.9 Å². The Hall–Kier alpha value is -1.21. The van der Waals surface area contributed by atoms with E-state index in [9.17, 15) is 4.79 Å². The lowest BCUT2D eigenvalue weighted by Crippen LogP contribution is -2.44. The van der Waals surface area contributed by atoms with Gasteiger partial charge in [-0.1, -0.05) is 11.3 Å². The van der Waals surface area contributed by atoms with Crippen LogP contribution in [-0.2, 0) is 16.0 Å². The number of hydrogen-bond donors (Lipinski definition) is 2. The molecule has 1 aromatic rings. The molecule has 0 saturated carbocycles. The van der Waals surface area contributed by atoms with Gasteiger partial charge in [0.1, 0.15) is 10.6 Å². The van der Waals surface area contributed by atoms with E-state index in [2.05, 4.69) is 15.5 Å². The molecule has 1 aliphatic rings. The lowest BCUT2D eigenvalue weighted by atomic mass is 10.0. The van der Waals surface area contributed by atoms with Crippen molar-refractivity contribution in [2.24, 2.45) is 0 Å². The van der Waals surface area contributed by atoms with Crippen LogP contribution >= 0.6 is 11.3 Å². The summed E-state index contributed by atoms with van der Waals surface area (Å²) >= 11 is 1.34. The van der Waals surface area contributed by atoms with Crippen molar-refractivity contribution < 1.29 is 9.53 Å². The summed E-state index contributed by atoms with van der Waals surface area (Å²) in [4.78, 5) is 11.9. The van der Waals surface area contributed by atoms with Crippen LogP contribution in [0.3, 0.4) is 0 Å². The van der Waals surface area contributed by atoms with Crippen LogP contribution in [0.25, 0.3) is 0 Å². The van der Waals surface area contributed by atoms with E-state index in [1.165, 1.54) is 11.3 Å². The fourth-order valence-corrected chi connectivity index (χ4v) is 2.40. The summed E-state index contributed by atoms with van der Waals surface area (Å²) in [6, 6.07) is 0. The molecular weight excluding hydrogens is 240 g/mol. The van der Waals surface area contributed by atoms with Crippen molar-refractivity contribution in [3.63, 3.8) is 0 Å². The fourth-order valence-electron chi connectivity index (χ4n) is 1.80. The molecule has 0 unspecified atom stereocenters. The van der Waals surface area contributed by atoms with Crippen molar-refractivity contribution in [3.8, 4) is 0 Å². The van der Waals surface area contributed by atoms with Gasteiger partial charge in [-0.15, -0.1) is 10.2 Å². The molecule has 7 heteroatoms. The molecule has 6 nitrogen and oxygen atoms in total. The van der Waals surface area contributed by atoms with E-state index >= 15 is 0 Å². The number of nitrogen functional groups attached to an aromatic ring is 1. The Morgan fingerprint density at radius 1 is 1.65 bits per heavy atom. The number of rotatable bonds is 4. The molecule has 1 amide bonds. The Balaban J connectivity index is 1.77. The summed E-state index contributed by atoms with van der Waals surface area (Å²) < 4.78 is 5.45. The molecule has 2 rings (SSSR count). The smallest absolute Gasteiger partial charge is 0.251 e. The van der Waals surface area contributed by atoms with Crippen molar-refractivity contribution in [2.45, 2.75) is 31.8 Å². The molecule has 0 aliphatic carbocycles. The van der Waals surface area contributed by atoms with Gasteiger partial charge < -0.3 is 15.8 Å². The second-order valence-electron chi connectivity index (χ2n) is 4.22. The van der Waals surface area contributed by atoms with Gasteiger partial charge in [0.2, 0.25) is 5.13 Å². The first-order chi connectivity index (χ1) is 8.10. The molecule has 1 atom stereocenters. The summed E-state index contributed by atoms with van der Waals surface area (Å²) in [7, 11) is 0. The maximum atomic E-state index is 11.9. The number of aromatic nitrogens is 2. The van der Waals surface area contributed by atoms with Crippen molar-refractivity contribution >= 4 is 22.4 Å². The molecule has 0 radical (unpaired) electrons. The van der Waals surface area contributed by atoms with Gasteiger partial charge in [0.05, 0.1) is 0 Å². The highest BCUT2D eigenvalue weighted by Crippen LogP contribution is 2.24. The minimum absolute atomic E-state index is 0.0486. The van der Waals surface area contributed by atoms with Crippen molar-refractivity contribution in [3.05, 3.63) is 5.01 Å². The second kappa shape index (κ2) is 4.97. The number of anilines is 1. The van der Waals surface area contributed by atoms with Gasteiger partial charge >= 0.3 is 0 Å². The molecule has 94 valence electrons. The van der Waals surface area contributed by atoms with Crippen LogP contribution in [0.5, 0.6) is 0 Å². The van der Waals surface area contributed by atoms with Gasteiger partial charge in [-0.2, -0.15) is 0 Å². The Morgan fingerprint density at radius 2 is 2.47 bits per heavy atom. The van der Waals surface area contributed by atoms with Crippen LogP contribution < -0.4 is 11.1 Å². The summed E-state index contributed by atoms with van der Waals surface area (Å²) in [6.45, 7) is 3.03. The van der Waals surface area contributed by atoms with Crippen molar-refractivity contribution in [1.29, 1.82) is 0 Å². The maximum absolute atomic E-state index is 11.9. The highest BCUT2D eigenvalue weighted by molar-refractivity contribution is 7.15. The molecule has 0 aromatic carbocycles. The molecule has 3 N–H and O–H groups in total. The number of carbonyl (C=O) groups excluding carboxylic acids is 1. The Labute approximate surface area is 104 Å². The predicted molar refractivity (Wildman–Crippen MR) is 64.6 cm³/mol. The van der Waals surface area contributed by atoms with Gasteiger partial charge in [0.15, 0.2) is 0 Å². The standard InChI is InChI=1S/C10H16N4O2S/c1-10(4-2-6-16-10)8(15)12-5-3-7-13-14-9(11)17-7/h2-6H2,1H3,(H2,11,14)(H,12,15)/t10-/m0/s1. The van der Waals surface area contributed by atoms with Crippen LogP contribution in [0.4, 0.5) is 5.13 Å². The van der Waals surface area contributed by atoms with E-state index in [4.69, 9.17) is 10.5 Å². The first-order valence-corrected chi connectivity index (χ1v) is 6.42. The van der Waals surface area contributed by atoms with Crippen molar-refractivity contribution in [1.82, 2.24) is 15.5 Å². The molecule has 0 bridgehead atoms. The molecule has 1 aromatic heterocycles. The lowest BCUT2D eigenvalue weighted by Gasteiger charge is -2.21. The number of nitrogens with zero attached hydrogens (tertiary/aromatic N) is 2. The van der Waals surface area contributed by atoms with Crippen LogP contribution in [0.1, 0.15) is 24.8 Å². The average Bonchev–Trinajstić information content (AvgIpc) is 2.89. The summed E-state index contributed by atoms with van der Waals surface area (Å²) in [5.74, 6) is -0.0486. The van der Waals surface area contributed by atoms with E-state index in [1.807, 2.05) is 6.92 Å². The highest BCUT2D eigenvalue weighted by Gasteiger charge is 2.37. The molecule has 1 saturated heterocycles. The molecule has 0 spiro atoms. The van der Waals surface area contributed by atoms with Crippen LogP contribution in [0.15, 0.2) is 0 Å². The number of amides is 1. The zero-order chi connectivity index (χ0) is 12.3. The van der Waals surface area contributed by atoms with Gasteiger partial charge in [0.25, 0.3) is 5.91 Å². The van der Waals surface area contributed by atoms with E-state index in [0.29, 0.717) is 24.7 Å². The number of ether oxygens (including phenoxy) is 1. The summed E-state index contributed by atoms with van der Waals surface area (Å²) in [5, 5.41) is 11.7. The van der Waals surface area contributed by atoms with Gasteiger partial charge in [-0.3, -0.25) is 4.79 Å². The van der Waals surface area contributed by atoms with Crippen LogP contribution in [0.2, 0.25) is 0 Å². The zero-order valence-electron chi connectivity index (χ0n) is 9.73. The van der Waals surface area contributed by atoms with Gasteiger partial charge in [0, 0.05) is 19.6 Å². The topological polar surface area (TPSA) is 90.1 Å². The number of hydrogen-bond acceptors (Lipinski definition) is 6. The minimum Gasteiger partial charge on any atom is -0.374 e. The van der Waals surface area contributed by atoms with E-state index in [-0.39, 0.29) is 5.91 Å². The Kier molecular flexibility index (Phi) is 3.58. The molecule has 2 heterocycles. The Bertz CT molecular complexity index is 401. The lowest BCUT2D eigenvalue weighted by molar-refractivity contribution is -0.139. The largest absolute Gasteiger partial charge is 0.374 e. The third-order valence-corrected chi connectivity index (χ3v) is 3.62. The minimum atomic E-state index is -0.653. The highest BCUT2D eigenvalue weighted by atomic mass is 32.1. The SMILES string of the molecule is C[C@@]1(C(=O)NCCc2nnc(N)s2)CCCO1. The summed E-state index contributed by atoms with van der Waals surface area (Å²) in [6.07, 6.45) is 2.37. The van der Waals surface area contributed by atoms with Crippen LogP contribution in [0, 0.1) is 0 Å². The van der Waals surface area contributed by atoms with Gasteiger partial charge in [-0.05, 0) is 19.8 Å². The fraction of sp³-hybridized carbons (Fsp3) is 0.700. The Morgan fingerprint density at radius 3 is 3.06 bits per heavy atom. The third-order valence-electron chi connectivity index (χ3n) is 2.81. The van der Waals surface area contributed by atoms with E-state index in [0.717, 1.165) is 17.8 Å². The molecule has 1 aliphatic heterocycles. The summed E-state index contributed by atoms with van der Waals surface area (Å²) in [5.41, 5.74) is 4.82. The molecule has 17 heavy (non-hydrogen) atoms. The third kappa shape index (κ3) is 2.92. The normalized spacial score (nSPS) is 23.8.